The maximum atomic E-state index is 12.2. The van der Waals surface area contributed by atoms with Gasteiger partial charge in [-0.3, -0.25) is 20.8 Å². The van der Waals surface area contributed by atoms with Crippen molar-refractivity contribution in [1.82, 2.24) is 5.32 Å². The van der Waals surface area contributed by atoms with Gasteiger partial charge in [0.1, 0.15) is 11.3 Å². The molecule has 8 heteroatoms. The molecule has 1 heterocycles. The quantitative estimate of drug-likeness (QED) is 0.439. The van der Waals surface area contributed by atoms with Crippen molar-refractivity contribution in [3.8, 4) is 0 Å². The van der Waals surface area contributed by atoms with E-state index >= 15 is 0 Å². The number of hydrazine groups is 1. The van der Waals surface area contributed by atoms with Gasteiger partial charge in [-0.1, -0.05) is 0 Å². The van der Waals surface area contributed by atoms with Crippen LogP contribution in [0, 0.1) is 10.1 Å². The van der Waals surface area contributed by atoms with Gasteiger partial charge in [0.25, 0.3) is 11.6 Å². The summed E-state index contributed by atoms with van der Waals surface area (Å²) in [7, 11) is 0. The number of benzene rings is 1. The molecule has 1 amide bonds. The SMILES string of the molecule is CC(NC(=O)c1cc(NN)ccc1[N+](=O)[O-])c1ccco1. The molecular formula is C13H14N4O4. The van der Waals surface area contributed by atoms with Crippen molar-refractivity contribution >= 4 is 17.3 Å². The number of carbonyl (C=O) groups is 1. The second-order valence-corrected chi connectivity index (χ2v) is 4.34. The Kier molecular flexibility index (Phi) is 4.19. The van der Waals surface area contributed by atoms with Gasteiger partial charge in [0, 0.05) is 11.8 Å². The zero-order chi connectivity index (χ0) is 15.4. The average molecular weight is 290 g/mol. The molecule has 0 aliphatic rings. The van der Waals surface area contributed by atoms with Crippen LogP contribution in [0.2, 0.25) is 0 Å². The van der Waals surface area contributed by atoms with Gasteiger partial charge in [-0.15, -0.1) is 0 Å². The number of nitrogens with one attached hydrogen (secondary N) is 2. The van der Waals surface area contributed by atoms with Gasteiger partial charge < -0.3 is 15.2 Å². The highest BCUT2D eigenvalue weighted by Crippen LogP contribution is 2.23. The van der Waals surface area contributed by atoms with Crippen molar-refractivity contribution < 1.29 is 14.1 Å². The zero-order valence-corrected chi connectivity index (χ0v) is 11.2. The van der Waals surface area contributed by atoms with E-state index in [2.05, 4.69) is 10.7 Å². The van der Waals surface area contributed by atoms with Crippen LogP contribution in [0.25, 0.3) is 0 Å². The van der Waals surface area contributed by atoms with Crippen molar-refractivity contribution in [1.29, 1.82) is 0 Å². The minimum Gasteiger partial charge on any atom is -0.467 e. The lowest BCUT2D eigenvalue weighted by molar-refractivity contribution is -0.385. The summed E-state index contributed by atoms with van der Waals surface area (Å²) in [4.78, 5) is 22.6. The summed E-state index contributed by atoms with van der Waals surface area (Å²) in [6, 6.07) is 6.95. The highest BCUT2D eigenvalue weighted by molar-refractivity contribution is 5.99. The fourth-order valence-corrected chi connectivity index (χ4v) is 1.85. The number of nitrogen functional groups attached to an aromatic ring is 1. The Morgan fingerprint density at radius 2 is 2.19 bits per heavy atom. The van der Waals surface area contributed by atoms with Crippen LogP contribution in [0.1, 0.15) is 29.1 Å². The predicted octanol–water partition coefficient (Wildman–Crippen LogP) is 1.96. The smallest absolute Gasteiger partial charge is 0.282 e. The molecule has 0 saturated heterocycles. The van der Waals surface area contributed by atoms with Crippen LogP contribution in [-0.4, -0.2) is 10.8 Å². The molecule has 0 fully saturated rings. The molecule has 4 N–H and O–H groups in total. The lowest BCUT2D eigenvalue weighted by Gasteiger charge is -2.12. The first-order valence-electron chi connectivity index (χ1n) is 6.12. The van der Waals surface area contributed by atoms with E-state index in [1.54, 1.807) is 19.1 Å². The molecule has 1 unspecified atom stereocenters. The van der Waals surface area contributed by atoms with Crippen LogP contribution < -0.4 is 16.6 Å². The fraction of sp³-hybridized carbons (Fsp3) is 0.154. The zero-order valence-electron chi connectivity index (χ0n) is 11.2. The standard InChI is InChI=1S/C13H14N4O4/c1-8(12-3-2-6-21-12)15-13(18)10-7-9(16-14)4-5-11(10)17(19)20/h2-8,16H,14H2,1H3,(H,15,18). The molecule has 2 rings (SSSR count). The molecule has 1 aromatic heterocycles. The molecule has 0 saturated carbocycles. The third-order valence-electron chi connectivity index (χ3n) is 2.92. The van der Waals surface area contributed by atoms with E-state index in [1.807, 2.05) is 0 Å². The van der Waals surface area contributed by atoms with Crippen molar-refractivity contribution in [3.05, 3.63) is 58.0 Å². The minimum atomic E-state index is -0.618. The molecule has 0 spiro atoms. The number of rotatable bonds is 5. The van der Waals surface area contributed by atoms with E-state index in [1.165, 1.54) is 24.5 Å². The van der Waals surface area contributed by atoms with Crippen LogP contribution in [-0.2, 0) is 0 Å². The topological polar surface area (TPSA) is 123 Å². The van der Waals surface area contributed by atoms with Crippen molar-refractivity contribution in [2.45, 2.75) is 13.0 Å². The molecule has 0 aliphatic heterocycles. The fourth-order valence-electron chi connectivity index (χ4n) is 1.85. The molecule has 1 aromatic carbocycles. The molecule has 2 aromatic rings. The summed E-state index contributed by atoms with van der Waals surface area (Å²) in [5, 5.41) is 13.6. The predicted molar refractivity (Wildman–Crippen MR) is 75.5 cm³/mol. The minimum absolute atomic E-state index is 0.0751. The van der Waals surface area contributed by atoms with E-state index in [-0.39, 0.29) is 11.3 Å². The number of hydrogen-bond donors (Lipinski definition) is 3. The first-order valence-corrected chi connectivity index (χ1v) is 6.12. The summed E-state index contributed by atoms with van der Waals surface area (Å²) in [6.07, 6.45) is 1.49. The van der Waals surface area contributed by atoms with Gasteiger partial charge in [0.15, 0.2) is 0 Å². The Morgan fingerprint density at radius 3 is 2.76 bits per heavy atom. The second kappa shape index (κ2) is 6.06. The number of hydrogen-bond acceptors (Lipinski definition) is 6. The molecule has 110 valence electrons. The van der Waals surface area contributed by atoms with E-state index in [0.717, 1.165) is 0 Å². The third kappa shape index (κ3) is 3.18. The number of nitrogens with two attached hydrogens (primary N) is 1. The molecule has 0 aliphatic carbocycles. The summed E-state index contributed by atoms with van der Waals surface area (Å²) < 4.78 is 5.17. The Hall–Kier alpha value is -2.87. The van der Waals surface area contributed by atoms with Crippen molar-refractivity contribution in [2.75, 3.05) is 5.43 Å². The summed E-state index contributed by atoms with van der Waals surface area (Å²) in [5.41, 5.74) is 2.38. The van der Waals surface area contributed by atoms with Crippen molar-refractivity contribution in [2.24, 2.45) is 5.84 Å². The van der Waals surface area contributed by atoms with Gasteiger partial charge in [-0.2, -0.15) is 0 Å². The summed E-state index contributed by atoms with van der Waals surface area (Å²) in [5.74, 6) is 5.23. The van der Waals surface area contributed by atoms with E-state index in [9.17, 15) is 14.9 Å². The number of furan rings is 1. The van der Waals surface area contributed by atoms with Gasteiger partial charge in [-0.25, -0.2) is 0 Å². The maximum Gasteiger partial charge on any atom is 0.282 e. The van der Waals surface area contributed by atoms with Gasteiger partial charge in [0.05, 0.1) is 17.2 Å². The Morgan fingerprint density at radius 1 is 1.43 bits per heavy atom. The number of nitro groups is 1. The van der Waals surface area contributed by atoms with Crippen molar-refractivity contribution in [3.63, 3.8) is 0 Å². The maximum absolute atomic E-state index is 12.2. The Balaban J connectivity index is 2.27. The molecule has 0 radical (unpaired) electrons. The first kappa shape index (κ1) is 14.5. The average Bonchev–Trinajstić information content (AvgIpc) is 3.00. The summed E-state index contributed by atoms with van der Waals surface area (Å²) in [6.45, 7) is 1.72. The lowest BCUT2D eigenvalue weighted by Crippen LogP contribution is -2.27. The van der Waals surface area contributed by atoms with Crippen LogP contribution in [0.4, 0.5) is 11.4 Å². The Labute approximate surface area is 120 Å². The molecule has 8 nitrogen and oxygen atoms in total. The number of nitro benzene ring substituents is 1. The normalized spacial score (nSPS) is 11.7. The van der Waals surface area contributed by atoms with Crippen LogP contribution in [0.5, 0.6) is 0 Å². The van der Waals surface area contributed by atoms with Crippen LogP contribution in [0.15, 0.2) is 41.0 Å². The van der Waals surface area contributed by atoms with Crippen LogP contribution >= 0.6 is 0 Å². The van der Waals surface area contributed by atoms with E-state index in [4.69, 9.17) is 10.3 Å². The molecule has 1 atom stereocenters. The van der Waals surface area contributed by atoms with Gasteiger partial charge >= 0.3 is 0 Å². The highest BCUT2D eigenvalue weighted by Gasteiger charge is 2.22. The molecule has 0 bridgehead atoms. The third-order valence-corrected chi connectivity index (χ3v) is 2.92. The van der Waals surface area contributed by atoms with Crippen LogP contribution in [0.3, 0.4) is 0 Å². The molecule has 21 heavy (non-hydrogen) atoms. The first-order chi connectivity index (χ1) is 10.0. The number of amides is 1. The number of carbonyl (C=O) groups excluding carboxylic acids is 1. The largest absolute Gasteiger partial charge is 0.467 e. The van der Waals surface area contributed by atoms with E-state index in [0.29, 0.717) is 11.4 Å². The Bertz CT molecular complexity index is 654. The number of nitrogens with zero attached hydrogens (tertiary/aromatic N) is 1. The number of anilines is 1. The monoisotopic (exact) mass is 290 g/mol. The van der Waals surface area contributed by atoms with E-state index < -0.39 is 16.9 Å². The van der Waals surface area contributed by atoms with Gasteiger partial charge in [-0.05, 0) is 31.2 Å². The summed E-state index contributed by atoms with van der Waals surface area (Å²) >= 11 is 0. The van der Waals surface area contributed by atoms with Gasteiger partial charge in [0.2, 0.25) is 0 Å². The second-order valence-electron chi connectivity index (χ2n) is 4.34. The molecular weight excluding hydrogens is 276 g/mol. The lowest BCUT2D eigenvalue weighted by atomic mass is 10.1. The highest BCUT2D eigenvalue weighted by atomic mass is 16.6.